The summed E-state index contributed by atoms with van der Waals surface area (Å²) in [7, 11) is -3.54. The molecule has 0 aliphatic rings. The van der Waals surface area contributed by atoms with E-state index >= 15 is 0 Å². The first-order chi connectivity index (χ1) is 7.62. The van der Waals surface area contributed by atoms with Gasteiger partial charge in [-0.3, -0.25) is 4.79 Å². The molecule has 0 bridgehead atoms. The van der Waals surface area contributed by atoms with Gasteiger partial charge in [0.15, 0.2) is 5.75 Å². The summed E-state index contributed by atoms with van der Waals surface area (Å²) in [4.78, 5) is 10.7. The predicted molar refractivity (Wildman–Crippen MR) is 50.5 cm³/mol. The molecule has 0 unspecified atom stereocenters. The summed E-state index contributed by atoms with van der Waals surface area (Å²) in [6.45, 7) is -3.28. The van der Waals surface area contributed by atoms with Crippen molar-refractivity contribution in [3.8, 4) is 0 Å². The number of sulfonamides is 1. The van der Waals surface area contributed by atoms with Crippen molar-refractivity contribution in [2.24, 2.45) is 0 Å². The lowest BCUT2D eigenvalue weighted by Gasteiger charge is -2.21. The van der Waals surface area contributed by atoms with E-state index in [1.165, 1.54) is 0 Å². The monoisotopic (exact) mass is 279 g/mol. The van der Waals surface area contributed by atoms with Crippen molar-refractivity contribution < 1.29 is 36.2 Å². The highest BCUT2D eigenvalue weighted by Gasteiger charge is 2.36. The zero-order valence-corrected chi connectivity index (χ0v) is 9.71. The van der Waals surface area contributed by atoms with Crippen molar-refractivity contribution in [1.29, 1.82) is 0 Å². The van der Waals surface area contributed by atoms with E-state index in [9.17, 15) is 26.4 Å². The summed E-state index contributed by atoms with van der Waals surface area (Å²) in [5.41, 5.74) is 0. The molecule has 0 spiro atoms. The molecule has 0 saturated carbocycles. The van der Waals surface area contributed by atoms with Gasteiger partial charge in [0, 0.05) is 6.54 Å². The molecule has 0 amide bonds. The molecule has 102 valence electrons. The van der Waals surface area contributed by atoms with Crippen molar-refractivity contribution in [3.63, 3.8) is 0 Å². The second-order valence-electron chi connectivity index (χ2n) is 3.00. The van der Waals surface area contributed by atoms with Crippen LogP contribution in [0.5, 0.6) is 0 Å². The number of aliphatic hydroxyl groups excluding tert-OH is 1. The molecular formula is C7H12F3NO5S. The number of halogens is 3. The Labute approximate surface area is 96.0 Å². The third kappa shape index (κ3) is 6.44. The van der Waals surface area contributed by atoms with Crippen molar-refractivity contribution in [2.75, 3.05) is 32.6 Å². The van der Waals surface area contributed by atoms with Gasteiger partial charge in [-0.05, 0) is 0 Å². The van der Waals surface area contributed by atoms with Crippen molar-refractivity contribution in [1.82, 2.24) is 4.31 Å². The standard InChI is InChI=1S/C7H12F3NO5S/c1-16-6(13)4-17(14,15)11(2-3-12)5-7(8,9)10/h12H,2-5H2,1H3. The Kier molecular flexibility index (Phi) is 5.85. The first-order valence-electron chi connectivity index (χ1n) is 4.34. The number of hydrogen-bond acceptors (Lipinski definition) is 5. The maximum absolute atomic E-state index is 12.1. The highest BCUT2D eigenvalue weighted by Crippen LogP contribution is 2.18. The quantitative estimate of drug-likeness (QED) is 0.653. The molecule has 0 radical (unpaired) electrons. The van der Waals surface area contributed by atoms with E-state index in [1.54, 1.807) is 0 Å². The zero-order chi connectivity index (χ0) is 13.7. The Morgan fingerprint density at radius 2 is 1.94 bits per heavy atom. The van der Waals surface area contributed by atoms with Crippen molar-refractivity contribution in [2.45, 2.75) is 6.18 Å². The second-order valence-corrected chi connectivity index (χ2v) is 4.97. The first-order valence-corrected chi connectivity index (χ1v) is 5.95. The van der Waals surface area contributed by atoms with Gasteiger partial charge in [-0.2, -0.15) is 17.5 Å². The normalized spacial score (nSPS) is 12.8. The first kappa shape index (κ1) is 16.1. The van der Waals surface area contributed by atoms with Gasteiger partial charge < -0.3 is 9.84 Å². The Morgan fingerprint density at radius 1 is 1.41 bits per heavy atom. The SMILES string of the molecule is COC(=O)CS(=O)(=O)N(CCO)CC(F)(F)F. The molecular weight excluding hydrogens is 267 g/mol. The number of alkyl halides is 3. The lowest BCUT2D eigenvalue weighted by atomic mass is 10.6. The van der Waals surface area contributed by atoms with Crippen LogP contribution in [0.3, 0.4) is 0 Å². The number of methoxy groups -OCH3 is 1. The van der Waals surface area contributed by atoms with E-state index in [1.807, 2.05) is 0 Å². The molecule has 0 heterocycles. The summed E-state index contributed by atoms with van der Waals surface area (Å²) in [6, 6.07) is 0. The van der Waals surface area contributed by atoms with Crippen LogP contribution < -0.4 is 0 Å². The van der Waals surface area contributed by atoms with Crippen molar-refractivity contribution >= 4 is 16.0 Å². The molecule has 1 N–H and O–H groups in total. The number of nitrogens with zero attached hydrogens (tertiary/aromatic N) is 1. The summed E-state index contributed by atoms with van der Waals surface area (Å²) >= 11 is 0. The Morgan fingerprint density at radius 3 is 2.29 bits per heavy atom. The lowest BCUT2D eigenvalue weighted by molar-refractivity contribution is -0.139. The van der Waals surface area contributed by atoms with E-state index < -0.39 is 47.6 Å². The minimum atomic E-state index is -4.75. The fourth-order valence-electron chi connectivity index (χ4n) is 0.927. The van der Waals surface area contributed by atoms with Gasteiger partial charge in [0.1, 0.15) is 6.54 Å². The summed E-state index contributed by atoms with van der Waals surface area (Å²) in [6.07, 6.45) is -4.75. The number of carbonyl (C=O) groups is 1. The molecule has 0 aliphatic carbocycles. The summed E-state index contributed by atoms with van der Waals surface area (Å²) < 4.78 is 63.0. The number of hydrogen-bond donors (Lipinski definition) is 1. The molecule has 0 aromatic heterocycles. The van der Waals surface area contributed by atoms with Gasteiger partial charge in [-0.25, -0.2) is 8.42 Å². The number of carbonyl (C=O) groups excluding carboxylic acids is 1. The molecule has 0 aromatic rings. The molecule has 0 rings (SSSR count). The van der Waals surface area contributed by atoms with Gasteiger partial charge in [-0.1, -0.05) is 0 Å². The number of esters is 1. The average molecular weight is 279 g/mol. The van der Waals surface area contributed by atoms with Crippen LogP contribution in [-0.4, -0.2) is 62.5 Å². The molecule has 0 saturated heterocycles. The number of ether oxygens (including phenoxy) is 1. The average Bonchev–Trinajstić information content (AvgIpc) is 2.14. The predicted octanol–water partition coefficient (Wildman–Crippen LogP) is -0.654. The largest absolute Gasteiger partial charge is 0.468 e. The third-order valence-electron chi connectivity index (χ3n) is 1.63. The van der Waals surface area contributed by atoms with Crippen molar-refractivity contribution in [3.05, 3.63) is 0 Å². The van der Waals surface area contributed by atoms with Gasteiger partial charge in [-0.15, -0.1) is 0 Å². The van der Waals surface area contributed by atoms with Gasteiger partial charge >= 0.3 is 12.1 Å². The number of aliphatic hydroxyl groups is 1. The topological polar surface area (TPSA) is 83.9 Å². The molecule has 0 atom stereocenters. The highest BCUT2D eigenvalue weighted by molar-refractivity contribution is 7.89. The van der Waals surface area contributed by atoms with Crippen LogP contribution in [0, 0.1) is 0 Å². The minimum absolute atomic E-state index is 0.0100. The molecule has 6 nitrogen and oxygen atoms in total. The van der Waals surface area contributed by atoms with E-state index in [0.717, 1.165) is 7.11 Å². The van der Waals surface area contributed by atoms with Crippen LogP contribution in [0.25, 0.3) is 0 Å². The highest BCUT2D eigenvalue weighted by atomic mass is 32.2. The van der Waals surface area contributed by atoms with Crippen LogP contribution in [-0.2, 0) is 19.6 Å². The lowest BCUT2D eigenvalue weighted by Crippen LogP contribution is -2.43. The molecule has 17 heavy (non-hydrogen) atoms. The maximum atomic E-state index is 12.1. The van der Waals surface area contributed by atoms with E-state index in [0.29, 0.717) is 0 Å². The van der Waals surface area contributed by atoms with Gasteiger partial charge in [0.05, 0.1) is 13.7 Å². The molecule has 10 heteroatoms. The smallest absolute Gasteiger partial charge is 0.402 e. The van der Waals surface area contributed by atoms with E-state index in [-0.39, 0.29) is 4.31 Å². The maximum Gasteiger partial charge on any atom is 0.402 e. The van der Waals surface area contributed by atoms with Gasteiger partial charge in [0.25, 0.3) is 0 Å². The van der Waals surface area contributed by atoms with E-state index in [4.69, 9.17) is 5.11 Å². The van der Waals surface area contributed by atoms with Crippen LogP contribution in [0.1, 0.15) is 0 Å². The Balaban J connectivity index is 4.85. The second kappa shape index (κ2) is 6.17. The zero-order valence-electron chi connectivity index (χ0n) is 8.90. The van der Waals surface area contributed by atoms with Crippen LogP contribution in [0.4, 0.5) is 13.2 Å². The summed E-state index contributed by atoms with van der Waals surface area (Å²) in [5.74, 6) is -2.37. The third-order valence-corrected chi connectivity index (χ3v) is 3.33. The Hall–Kier alpha value is -0.870. The molecule has 0 aromatic carbocycles. The Bertz CT molecular complexity index is 353. The minimum Gasteiger partial charge on any atom is -0.468 e. The van der Waals surface area contributed by atoms with Crippen LogP contribution in [0.15, 0.2) is 0 Å². The van der Waals surface area contributed by atoms with E-state index in [2.05, 4.69) is 4.74 Å². The van der Waals surface area contributed by atoms with Gasteiger partial charge in [0.2, 0.25) is 10.0 Å². The summed E-state index contributed by atoms with van der Waals surface area (Å²) in [5, 5.41) is 8.50. The van der Waals surface area contributed by atoms with Crippen LogP contribution >= 0.6 is 0 Å². The fraction of sp³-hybridized carbons (Fsp3) is 0.857. The number of rotatable bonds is 6. The fourth-order valence-corrected chi connectivity index (χ4v) is 2.23. The van der Waals surface area contributed by atoms with Crippen LogP contribution in [0.2, 0.25) is 0 Å². The molecule has 0 fully saturated rings. The molecule has 0 aliphatic heterocycles.